The Labute approximate surface area is 148 Å². The van der Waals surface area contributed by atoms with E-state index in [2.05, 4.69) is 15.5 Å². The second-order valence-electron chi connectivity index (χ2n) is 6.22. The topological polar surface area (TPSA) is 61.4 Å². The molecule has 2 N–H and O–H groups in total. The van der Waals surface area contributed by atoms with Gasteiger partial charge in [0.1, 0.15) is 5.70 Å². The summed E-state index contributed by atoms with van der Waals surface area (Å²) < 4.78 is 0. The first-order valence-corrected chi connectivity index (χ1v) is 8.37. The largest absolute Gasteiger partial charge is 0.351 e. The van der Waals surface area contributed by atoms with Crippen LogP contribution in [-0.4, -0.2) is 43.9 Å². The van der Waals surface area contributed by atoms with Gasteiger partial charge in [0.15, 0.2) is 0 Å². The van der Waals surface area contributed by atoms with Crippen molar-refractivity contribution in [2.24, 2.45) is 0 Å². The van der Waals surface area contributed by atoms with Crippen molar-refractivity contribution in [2.45, 2.75) is 13.3 Å². The summed E-state index contributed by atoms with van der Waals surface area (Å²) >= 11 is 0. The second kappa shape index (κ2) is 8.99. The van der Waals surface area contributed by atoms with Crippen molar-refractivity contribution in [2.75, 3.05) is 27.2 Å². The molecule has 0 aliphatic carbocycles. The van der Waals surface area contributed by atoms with E-state index in [1.807, 2.05) is 56.6 Å². The summed E-state index contributed by atoms with van der Waals surface area (Å²) in [5, 5.41) is 7.63. The highest BCUT2D eigenvalue weighted by molar-refractivity contribution is 6.03. The molecule has 0 saturated heterocycles. The fourth-order valence-corrected chi connectivity index (χ4v) is 2.57. The van der Waals surface area contributed by atoms with Gasteiger partial charge in [-0.3, -0.25) is 9.59 Å². The Bertz CT molecular complexity index is 776. The third-order valence-electron chi connectivity index (χ3n) is 3.75. The van der Waals surface area contributed by atoms with Crippen LogP contribution in [-0.2, 0) is 9.59 Å². The van der Waals surface area contributed by atoms with Gasteiger partial charge >= 0.3 is 0 Å². The van der Waals surface area contributed by atoms with Crippen molar-refractivity contribution in [3.63, 3.8) is 0 Å². The van der Waals surface area contributed by atoms with Gasteiger partial charge in [0, 0.05) is 13.5 Å². The van der Waals surface area contributed by atoms with Crippen LogP contribution in [0.1, 0.15) is 18.9 Å². The van der Waals surface area contributed by atoms with Crippen LogP contribution >= 0.6 is 0 Å². The second-order valence-corrected chi connectivity index (χ2v) is 6.22. The lowest BCUT2D eigenvalue weighted by atomic mass is 10.0. The Morgan fingerprint density at radius 3 is 2.52 bits per heavy atom. The molecule has 2 aromatic carbocycles. The van der Waals surface area contributed by atoms with Gasteiger partial charge in [-0.2, -0.15) is 0 Å². The number of hydrogen-bond donors (Lipinski definition) is 2. The van der Waals surface area contributed by atoms with Crippen molar-refractivity contribution >= 4 is 28.7 Å². The lowest BCUT2D eigenvalue weighted by Crippen LogP contribution is -2.35. The number of carbonyl (C=O) groups is 2. The number of nitrogens with zero attached hydrogens (tertiary/aromatic N) is 1. The van der Waals surface area contributed by atoms with Crippen molar-refractivity contribution < 1.29 is 9.59 Å². The molecule has 2 rings (SSSR count). The Kier molecular flexibility index (Phi) is 6.71. The number of rotatable bonds is 7. The minimum absolute atomic E-state index is 0.258. The van der Waals surface area contributed by atoms with Crippen LogP contribution in [0, 0.1) is 0 Å². The molecule has 0 fully saturated rings. The first-order valence-electron chi connectivity index (χ1n) is 8.37. The van der Waals surface area contributed by atoms with E-state index < -0.39 is 0 Å². The van der Waals surface area contributed by atoms with E-state index in [0.717, 1.165) is 29.3 Å². The Morgan fingerprint density at radius 1 is 1.08 bits per heavy atom. The first-order chi connectivity index (χ1) is 12.0. The maximum absolute atomic E-state index is 12.5. The highest BCUT2D eigenvalue weighted by Crippen LogP contribution is 2.20. The molecule has 2 amide bonds. The van der Waals surface area contributed by atoms with Crippen LogP contribution in [0.25, 0.3) is 16.8 Å². The fourth-order valence-electron chi connectivity index (χ4n) is 2.57. The molecule has 0 bridgehead atoms. The zero-order valence-electron chi connectivity index (χ0n) is 15.0. The number of benzene rings is 2. The Balaban J connectivity index is 2.22. The van der Waals surface area contributed by atoms with Crippen molar-refractivity contribution in [1.82, 2.24) is 15.5 Å². The molecule has 0 aromatic heterocycles. The lowest BCUT2D eigenvalue weighted by molar-refractivity contribution is -0.122. The van der Waals surface area contributed by atoms with E-state index in [1.165, 1.54) is 6.92 Å². The van der Waals surface area contributed by atoms with Crippen LogP contribution in [0.3, 0.4) is 0 Å². The van der Waals surface area contributed by atoms with Crippen molar-refractivity contribution in [1.29, 1.82) is 0 Å². The molecule has 132 valence electrons. The van der Waals surface area contributed by atoms with Gasteiger partial charge in [-0.25, -0.2) is 0 Å². The first kappa shape index (κ1) is 18.7. The zero-order valence-corrected chi connectivity index (χ0v) is 15.0. The molecule has 2 aromatic rings. The molecule has 0 radical (unpaired) electrons. The average Bonchev–Trinajstić information content (AvgIpc) is 2.57. The monoisotopic (exact) mass is 339 g/mol. The summed E-state index contributed by atoms with van der Waals surface area (Å²) in [6.45, 7) is 2.85. The molecular weight excluding hydrogens is 314 g/mol. The average molecular weight is 339 g/mol. The molecule has 0 heterocycles. The maximum atomic E-state index is 12.5. The van der Waals surface area contributed by atoms with Crippen LogP contribution in [0.2, 0.25) is 0 Å². The Morgan fingerprint density at radius 2 is 1.80 bits per heavy atom. The number of fused-ring (bicyclic) bond motifs is 1. The van der Waals surface area contributed by atoms with Crippen molar-refractivity contribution in [3.8, 4) is 0 Å². The lowest BCUT2D eigenvalue weighted by Gasteiger charge is -2.12. The van der Waals surface area contributed by atoms with E-state index in [4.69, 9.17) is 0 Å². The molecular formula is C20H25N3O2. The standard InChI is InChI=1S/C20H25N3O2/c1-15(24)22-19(20(25)21-12-7-13-23(2)3)14-17-10-6-9-16-8-4-5-11-18(16)17/h4-6,8-11,14H,7,12-13H2,1-3H3,(H,21,25)(H,22,24)/b19-14-. The van der Waals surface area contributed by atoms with Gasteiger partial charge in [0.2, 0.25) is 5.91 Å². The summed E-state index contributed by atoms with van der Waals surface area (Å²) in [6.07, 6.45) is 2.57. The Hall–Kier alpha value is -2.66. The van der Waals surface area contributed by atoms with Crippen LogP contribution < -0.4 is 10.6 Å². The number of amides is 2. The highest BCUT2D eigenvalue weighted by atomic mass is 16.2. The molecule has 0 saturated carbocycles. The smallest absolute Gasteiger partial charge is 0.267 e. The predicted molar refractivity (Wildman–Crippen MR) is 102 cm³/mol. The zero-order chi connectivity index (χ0) is 18.2. The summed E-state index contributed by atoms with van der Waals surface area (Å²) in [6, 6.07) is 13.8. The minimum Gasteiger partial charge on any atom is -0.351 e. The van der Waals surface area contributed by atoms with Crippen LogP contribution in [0.4, 0.5) is 0 Å². The van der Waals surface area contributed by atoms with Gasteiger partial charge in [-0.15, -0.1) is 0 Å². The van der Waals surface area contributed by atoms with E-state index in [0.29, 0.717) is 6.54 Å². The third-order valence-corrected chi connectivity index (χ3v) is 3.75. The van der Waals surface area contributed by atoms with Crippen LogP contribution in [0.5, 0.6) is 0 Å². The van der Waals surface area contributed by atoms with Gasteiger partial charge in [0.05, 0.1) is 0 Å². The molecule has 0 aliphatic rings. The maximum Gasteiger partial charge on any atom is 0.267 e. The van der Waals surface area contributed by atoms with Gasteiger partial charge in [0.25, 0.3) is 5.91 Å². The SMILES string of the molecule is CC(=O)N/C(=C\c1cccc2ccccc12)C(=O)NCCCN(C)C. The van der Waals surface area contributed by atoms with E-state index >= 15 is 0 Å². The number of hydrogen-bond acceptors (Lipinski definition) is 3. The molecule has 0 atom stereocenters. The summed E-state index contributed by atoms with van der Waals surface area (Å²) in [4.78, 5) is 26.0. The summed E-state index contributed by atoms with van der Waals surface area (Å²) in [5.74, 6) is -0.545. The normalized spacial score (nSPS) is 11.6. The molecule has 0 aliphatic heterocycles. The number of nitrogens with one attached hydrogen (secondary N) is 2. The molecule has 0 spiro atoms. The summed E-state index contributed by atoms with van der Waals surface area (Å²) in [5.41, 5.74) is 1.15. The van der Waals surface area contributed by atoms with E-state index in [-0.39, 0.29) is 17.5 Å². The van der Waals surface area contributed by atoms with Crippen LogP contribution in [0.15, 0.2) is 48.2 Å². The quantitative estimate of drug-likeness (QED) is 0.601. The third kappa shape index (κ3) is 5.72. The molecule has 25 heavy (non-hydrogen) atoms. The van der Waals surface area contributed by atoms with Gasteiger partial charge < -0.3 is 15.5 Å². The van der Waals surface area contributed by atoms with E-state index in [9.17, 15) is 9.59 Å². The van der Waals surface area contributed by atoms with Crippen molar-refractivity contribution in [3.05, 3.63) is 53.7 Å². The molecule has 5 nitrogen and oxygen atoms in total. The number of carbonyl (C=O) groups excluding carboxylic acids is 2. The minimum atomic E-state index is -0.276. The van der Waals surface area contributed by atoms with E-state index in [1.54, 1.807) is 6.08 Å². The summed E-state index contributed by atoms with van der Waals surface area (Å²) in [7, 11) is 3.98. The highest BCUT2D eigenvalue weighted by Gasteiger charge is 2.11. The predicted octanol–water partition coefficient (Wildman–Crippen LogP) is 2.38. The molecule has 0 unspecified atom stereocenters. The van der Waals surface area contributed by atoms with Gasteiger partial charge in [-0.1, -0.05) is 42.5 Å². The molecule has 5 heteroatoms. The van der Waals surface area contributed by atoms with Gasteiger partial charge in [-0.05, 0) is 49.5 Å². The fraction of sp³-hybridized carbons (Fsp3) is 0.300.